The van der Waals surface area contributed by atoms with Crippen molar-refractivity contribution in [2.24, 2.45) is 0 Å². The number of carbonyl (C=O) groups excluding carboxylic acids is 1. The van der Waals surface area contributed by atoms with Gasteiger partial charge in [-0.25, -0.2) is 12.8 Å². The molecule has 8 heteroatoms. The molecule has 0 unspecified atom stereocenters. The molecule has 0 heterocycles. The number of nitrogens with one attached hydrogen (secondary N) is 2. The van der Waals surface area contributed by atoms with E-state index in [2.05, 4.69) is 10.0 Å². The Morgan fingerprint density at radius 2 is 1.51 bits per heavy atom. The highest BCUT2D eigenvalue weighted by Crippen LogP contribution is 2.22. The van der Waals surface area contributed by atoms with Crippen LogP contribution in [0.25, 0.3) is 0 Å². The monoisotopic (exact) mass is 490 g/mol. The first kappa shape index (κ1) is 24.0. The lowest BCUT2D eigenvalue weighted by Gasteiger charge is -2.12. The minimum absolute atomic E-state index is 0.0813. The van der Waals surface area contributed by atoms with E-state index in [0.717, 1.165) is 17.7 Å². The van der Waals surface area contributed by atoms with Gasteiger partial charge in [-0.1, -0.05) is 36.4 Å². The normalized spacial score (nSPS) is 11.0. The second kappa shape index (κ2) is 10.4. The number of aryl methyl sites for hydroxylation is 1. The molecular weight excluding hydrogens is 467 g/mol. The van der Waals surface area contributed by atoms with E-state index in [4.69, 9.17) is 4.74 Å². The Hall–Kier alpha value is -4.17. The molecule has 4 aromatic carbocycles. The van der Waals surface area contributed by atoms with Crippen molar-refractivity contribution in [2.45, 2.75) is 18.4 Å². The molecule has 2 N–H and O–H groups in total. The molecule has 178 valence electrons. The van der Waals surface area contributed by atoms with E-state index < -0.39 is 21.7 Å². The van der Waals surface area contributed by atoms with Crippen LogP contribution in [0, 0.1) is 12.7 Å². The maximum Gasteiger partial charge on any atom is 0.261 e. The predicted molar refractivity (Wildman–Crippen MR) is 134 cm³/mol. The van der Waals surface area contributed by atoms with Gasteiger partial charge in [0.05, 0.1) is 4.90 Å². The SMILES string of the molecule is Cc1ccc(S(=O)(=O)Nc2ccc(F)cc2)cc1C(=O)Nc1ccc(OCc2ccccc2)cc1. The van der Waals surface area contributed by atoms with Gasteiger partial charge in [-0.3, -0.25) is 9.52 Å². The third kappa shape index (κ3) is 6.24. The summed E-state index contributed by atoms with van der Waals surface area (Å²) in [4.78, 5) is 12.8. The van der Waals surface area contributed by atoms with Crippen LogP contribution in [0.4, 0.5) is 15.8 Å². The number of hydrogen-bond donors (Lipinski definition) is 2. The molecule has 0 aliphatic carbocycles. The molecule has 4 rings (SSSR count). The zero-order valence-corrected chi connectivity index (χ0v) is 19.7. The van der Waals surface area contributed by atoms with Gasteiger partial charge in [0.25, 0.3) is 15.9 Å². The molecule has 0 aliphatic heterocycles. The maximum absolute atomic E-state index is 13.1. The first-order chi connectivity index (χ1) is 16.8. The van der Waals surface area contributed by atoms with Crippen molar-refractivity contribution in [3.63, 3.8) is 0 Å². The highest BCUT2D eigenvalue weighted by atomic mass is 32.2. The van der Waals surface area contributed by atoms with Crippen LogP contribution in [0.5, 0.6) is 5.75 Å². The molecular formula is C27H23FN2O4S. The van der Waals surface area contributed by atoms with E-state index in [1.165, 1.54) is 24.3 Å². The minimum atomic E-state index is -3.98. The average Bonchev–Trinajstić information content (AvgIpc) is 2.85. The summed E-state index contributed by atoms with van der Waals surface area (Å²) < 4.78 is 46.8. The summed E-state index contributed by atoms with van der Waals surface area (Å²) in [7, 11) is -3.98. The van der Waals surface area contributed by atoms with E-state index >= 15 is 0 Å². The van der Waals surface area contributed by atoms with Gasteiger partial charge < -0.3 is 10.1 Å². The Bertz CT molecular complexity index is 1420. The van der Waals surface area contributed by atoms with Crippen LogP contribution < -0.4 is 14.8 Å². The number of hydrogen-bond acceptors (Lipinski definition) is 4. The Balaban J connectivity index is 1.44. The van der Waals surface area contributed by atoms with Crippen LogP contribution in [-0.4, -0.2) is 14.3 Å². The molecule has 0 spiro atoms. The zero-order chi connectivity index (χ0) is 24.8. The second-order valence-electron chi connectivity index (χ2n) is 7.84. The highest BCUT2D eigenvalue weighted by molar-refractivity contribution is 7.92. The van der Waals surface area contributed by atoms with Crippen LogP contribution in [0.3, 0.4) is 0 Å². The number of benzene rings is 4. The number of carbonyl (C=O) groups is 1. The van der Waals surface area contributed by atoms with Crippen LogP contribution in [0.15, 0.2) is 102 Å². The summed E-state index contributed by atoms with van der Waals surface area (Å²) in [5.74, 6) is -0.264. The molecule has 1 amide bonds. The molecule has 0 saturated heterocycles. The summed E-state index contributed by atoms with van der Waals surface area (Å²) in [5, 5.41) is 2.78. The highest BCUT2D eigenvalue weighted by Gasteiger charge is 2.18. The van der Waals surface area contributed by atoms with Crippen LogP contribution in [-0.2, 0) is 16.6 Å². The largest absolute Gasteiger partial charge is 0.489 e. The molecule has 0 fully saturated rings. The minimum Gasteiger partial charge on any atom is -0.489 e. The van der Waals surface area contributed by atoms with Crippen LogP contribution in [0.2, 0.25) is 0 Å². The zero-order valence-electron chi connectivity index (χ0n) is 18.9. The maximum atomic E-state index is 13.1. The summed E-state index contributed by atoms with van der Waals surface area (Å²) >= 11 is 0. The number of rotatable bonds is 8. The summed E-state index contributed by atoms with van der Waals surface area (Å²) in [6.45, 7) is 2.15. The van der Waals surface area contributed by atoms with Gasteiger partial charge in [-0.2, -0.15) is 0 Å². The van der Waals surface area contributed by atoms with Crippen LogP contribution >= 0.6 is 0 Å². The fourth-order valence-electron chi connectivity index (χ4n) is 3.32. The number of sulfonamides is 1. The quantitative estimate of drug-likeness (QED) is 0.329. The van der Waals surface area contributed by atoms with E-state index in [-0.39, 0.29) is 16.1 Å². The Labute approximate surface area is 203 Å². The molecule has 0 aromatic heterocycles. The smallest absolute Gasteiger partial charge is 0.261 e. The van der Waals surface area contributed by atoms with E-state index in [1.54, 1.807) is 37.3 Å². The molecule has 4 aromatic rings. The van der Waals surface area contributed by atoms with Gasteiger partial charge in [-0.05, 0) is 78.7 Å². The van der Waals surface area contributed by atoms with Crippen LogP contribution in [0.1, 0.15) is 21.5 Å². The predicted octanol–water partition coefficient (Wildman–Crippen LogP) is 5.77. The van der Waals surface area contributed by atoms with Gasteiger partial charge in [-0.15, -0.1) is 0 Å². The molecule has 0 aliphatic rings. The lowest BCUT2D eigenvalue weighted by Crippen LogP contribution is -2.17. The van der Waals surface area contributed by atoms with Crippen molar-refractivity contribution < 1.29 is 22.3 Å². The van der Waals surface area contributed by atoms with Crippen molar-refractivity contribution in [1.82, 2.24) is 0 Å². The summed E-state index contributed by atoms with van der Waals surface area (Å²) in [5.41, 5.74) is 2.64. The van der Waals surface area contributed by atoms with Gasteiger partial charge in [0.1, 0.15) is 18.2 Å². The Morgan fingerprint density at radius 1 is 0.857 bits per heavy atom. The molecule has 0 bridgehead atoms. The lowest BCUT2D eigenvalue weighted by molar-refractivity contribution is 0.102. The Kier molecular flexibility index (Phi) is 7.12. The van der Waals surface area contributed by atoms with Crippen molar-refractivity contribution in [1.29, 1.82) is 0 Å². The third-order valence-electron chi connectivity index (χ3n) is 5.22. The summed E-state index contributed by atoms with van der Waals surface area (Å²) in [6.07, 6.45) is 0. The van der Waals surface area contributed by atoms with Crippen molar-refractivity contribution >= 4 is 27.3 Å². The third-order valence-corrected chi connectivity index (χ3v) is 6.60. The lowest BCUT2D eigenvalue weighted by atomic mass is 10.1. The second-order valence-corrected chi connectivity index (χ2v) is 9.52. The molecule has 0 saturated carbocycles. The van der Waals surface area contributed by atoms with Gasteiger partial charge >= 0.3 is 0 Å². The average molecular weight is 491 g/mol. The molecule has 0 radical (unpaired) electrons. The summed E-state index contributed by atoms with van der Waals surface area (Å²) in [6, 6.07) is 25.9. The van der Waals surface area contributed by atoms with Gasteiger partial charge in [0.15, 0.2) is 0 Å². The number of ether oxygens (including phenoxy) is 1. The van der Waals surface area contributed by atoms with Crippen molar-refractivity contribution in [3.8, 4) is 5.75 Å². The Morgan fingerprint density at radius 3 is 2.20 bits per heavy atom. The molecule has 6 nitrogen and oxygen atoms in total. The van der Waals surface area contributed by atoms with Crippen molar-refractivity contribution in [2.75, 3.05) is 10.0 Å². The molecule has 0 atom stereocenters. The number of anilines is 2. The van der Waals surface area contributed by atoms with Crippen molar-refractivity contribution in [3.05, 3.63) is 120 Å². The number of amides is 1. The van der Waals surface area contributed by atoms with Gasteiger partial charge in [0.2, 0.25) is 0 Å². The first-order valence-corrected chi connectivity index (χ1v) is 12.3. The van der Waals surface area contributed by atoms with Gasteiger partial charge in [0, 0.05) is 16.9 Å². The fraction of sp³-hybridized carbons (Fsp3) is 0.0741. The van der Waals surface area contributed by atoms with E-state index in [0.29, 0.717) is 23.6 Å². The molecule has 35 heavy (non-hydrogen) atoms. The topological polar surface area (TPSA) is 84.5 Å². The first-order valence-electron chi connectivity index (χ1n) is 10.8. The fourth-order valence-corrected chi connectivity index (χ4v) is 4.40. The number of halogens is 1. The van der Waals surface area contributed by atoms with E-state index in [1.807, 2.05) is 30.3 Å². The standard InChI is InChI=1S/C27H23FN2O4S/c1-19-7-16-25(35(32,33)30-23-10-8-21(28)9-11-23)17-26(19)27(31)29-22-12-14-24(15-13-22)34-18-20-5-3-2-4-6-20/h2-17,30H,18H2,1H3,(H,29,31). The van der Waals surface area contributed by atoms with E-state index in [9.17, 15) is 17.6 Å².